The number of rotatable bonds is 8. The van der Waals surface area contributed by atoms with Crippen LogP contribution in [0.2, 0.25) is 0 Å². The molecule has 4 nitrogen and oxygen atoms in total. The largest absolute Gasteiger partial charge is 0.313 e. The molecule has 21 heavy (non-hydrogen) atoms. The summed E-state index contributed by atoms with van der Waals surface area (Å²) in [6, 6.07) is 7.46. The van der Waals surface area contributed by atoms with Gasteiger partial charge >= 0.3 is 0 Å². The van der Waals surface area contributed by atoms with Gasteiger partial charge in [-0.1, -0.05) is 39.8 Å². The topological polar surface area (TPSA) is 49.4 Å². The lowest BCUT2D eigenvalue weighted by atomic mass is 10.1. The van der Waals surface area contributed by atoms with Crippen molar-refractivity contribution in [1.29, 1.82) is 0 Å². The highest BCUT2D eigenvalue weighted by atomic mass is 32.2. The van der Waals surface area contributed by atoms with Crippen LogP contribution in [-0.2, 0) is 10.0 Å². The molecule has 120 valence electrons. The third-order valence-electron chi connectivity index (χ3n) is 3.58. The van der Waals surface area contributed by atoms with Crippen LogP contribution in [0.25, 0.3) is 0 Å². The number of hydrogen-bond donors (Lipinski definition) is 1. The summed E-state index contributed by atoms with van der Waals surface area (Å²) in [5.41, 5.74) is 1.02. The maximum atomic E-state index is 12.8. The van der Waals surface area contributed by atoms with Crippen molar-refractivity contribution in [3.8, 4) is 0 Å². The Labute approximate surface area is 129 Å². The average Bonchev–Trinajstić information content (AvgIpc) is 2.46. The summed E-state index contributed by atoms with van der Waals surface area (Å²) in [7, 11) is -1.52. The first kappa shape index (κ1) is 18.1. The first-order chi connectivity index (χ1) is 9.86. The monoisotopic (exact) mass is 312 g/mol. The van der Waals surface area contributed by atoms with Gasteiger partial charge in [0, 0.05) is 19.1 Å². The van der Waals surface area contributed by atoms with Crippen molar-refractivity contribution in [2.24, 2.45) is 5.92 Å². The minimum Gasteiger partial charge on any atom is -0.313 e. The van der Waals surface area contributed by atoms with Gasteiger partial charge in [-0.25, -0.2) is 8.42 Å². The van der Waals surface area contributed by atoms with Crippen molar-refractivity contribution in [3.63, 3.8) is 0 Å². The summed E-state index contributed by atoms with van der Waals surface area (Å²) in [5, 5.41) is 3.21. The number of nitrogens with zero attached hydrogens (tertiary/aromatic N) is 1. The van der Waals surface area contributed by atoms with Crippen LogP contribution in [0.15, 0.2) is 29.2 Å². The van der Waals surface area contributed by atoms with Gasteiger partial charge < -0.3 is 5.32 Å². The van der Waals surface area contributed by atoms with E-state index in [9.17, 15) is 8.42 Å². The Morgan fingerprint density at radius 2 is 1.90 bits per heavy atom. The minimum atomic E-state index is -3.41. The number of hydrogen-bond acceptors (Lipinski definition) is 3. The third kappa shape index (κ3) is 4.53. The molecule has 1 aromatic carbocycles. The molecule has 0 radical (unpaired) electrons. The normalized spacial score (nSPS) is 13.9. The predicted octanol–water partition coefficient (Wildman–Crippen LogP) is 3.02. The standard InChI is InChI=1S/C16H28N2O2S/c1-6-16(17-5)14-9-8-10-15(11-14)21(19,20)18(7-2)12-13(3)4/h8-11,13,16-17H,6-7,12H2,1-5H3. The molecule has 0 aliphatic heterocycles. The summed E-state index contributed by atoms with van der Waals surface area (Å²) < 4.78 is 27.1. The van der Waals surface area contributed by atoms with Gasteiger partial charge in [0.25, 0.3) is 0 Å². The van der Waals surface area contributed by atoms with E-state index in [4.69, 9.17) is 0 Å². The van der Waals surface area contributed by atoms with Gasteiger partial charge in [-0.3, -0.25) is 0 Å². The lowest BCUT2D eigenvalue weighted by Crippen LogP contribution is -2.34. The van der Waals surface area contributed by atoms with Crippen molar-refractivity contribution < 1.29 is 8.42 Å². The van der Waals surface area contributed by atoms with Gasteiger partial charge in [-0.05, 0) is 37.1 Å². The number of sulfonamides is 1. The Kier molecular flexibility index (Phi) is 6.84. The van der Waals surface area contributed by atoms with E-state index in [2.05, 4.69) is 12.2 Å². The molecule has 0 aliphatic carbocycles. The van der Waals surface area contributed by atoms with Crippen molar-refractivity contribution >= 4 is 10.0 Å². The van der Waals surface area contributed by atoms with Crippen LogP contribution in [0.5, 0.6) is 0 Å². The van der Waals surface area contributed by atoms with Crippen molar-refractivity contribution in [2.45, 2.75) is 45.1 Å². The van der Waals surface area contributed by atoms with Gasteiger partial charge in [-0.15, -0.1) is 0 Å². The molecular formula is C16H28N2O2S. The summed E-state index contributed by atoms with van der Waals surface area (Å²) >= 11 is 0. The first-order valence-electron chi connectivity index (χ1n) is 7.64. The van der Waals surface area contributed by atoms with Gasteiger partial charge in [0.15, 0.2) is 0 Å². The average molecular weight is 312 g/mol. The van der Waals surface area contributed by atoms with E-state index in [1.165, 1.54) is 0 Å². The fourth-order valence-electron chi connectivity index (χ4n) is 2.45. The highest BCUT2D eigenvalue weighted by molar-refractivity contribution is 7.89. The molecule has 0 aliphatic rings. The number of nitrogens with one attached hydrogen (secondary N) is 1. The lowest BCUT2D eigenvalue weighted by Gasteiger charge is -2.23. The summed E-state index contributed by atoms with van der Waals surface area (Å²) in [6.07, 6.45) is 0.920. The number of benzene rings is 1. The quantitative estimate of drug-likeness (QED) is 0.803. The molecule has 1 N–H and O–H groups in total. The second kappa shape index (κ2) is 7.92. The molecule has 1 atom stereocenters. The van der Waals surface area contributed by atoms with Crippen LogP contribution in [0.1, 0.15) is 45.7 Å². The van der Waals surface area contributed by atoms with Gasteiger partial charge in [0.05, 0.1) is 4.90 Å². The smallest absolute Gasteiger partial charge is 0.243 e. The summed E-state index contributed by atoms with van der Waals surface area (Å²) in [4.78, 5) is 0.385. The van der Waals surface area contributed by atoms with Gasteiger partial charge in [0.2, 0.25) is 10.0 Å². The zero-order valence-electron chi connectivity index (χ0n) is 13.8. The molecule has 0 heterocycles. The predicted molar refractivity (Wildman–Crippen MR) is 87.8 cm³/mol. The Hall–Kier alpha value is -0.910. The van der Waals surface area contributed by atoms with E-state index in [-0.39, 0.29) is 6.04 Å². The van der Waals surface area contributed by atoms with Crippen LogP contribution in [-0.4, -0.2) is 32.9 Å². The van der Waals surface area contributed by atoms with Crippen molar-refractivity contribution in [2.75, 3.05) is 20.1 Å². The summed E-state index contributed by atoms with van der Waals surface area (Å²) in [6.45, 7) is 9.07. The molecule has 0 amide bonds. The fraction of sp³-hybridized carbons (Fsp3) is 0.625. The second-order valence-corrected chi connectivity index (χ2v) is 7.61. The molecule has 1 aromatic rings. The maximum absolute atomic E-state index is 12.8. The van der Waals surface area contributed by atoms with Crippen LogP contribution < -0.4 is 5.32 Å². The SMILES string of the molecule is CCC(NC)c1cccc(S(=O)(=O)N(CC)CC(C)C)c1. The molecule has 0 spiro atoms. The van der Waals surface area contributed by atoms with E-state index in [0.29, 0.717) is 23.9 Å². The lowest BCUT2D eigenvalue weighted by molar-refractivity contribution is 0.381. The zero-order valence-corrected chi connectivity index (χ0v) is 14.6. The minimum absolute atomic E-state index is 0.181. The molecular weight excluding hydrogens is 284 g/mol. The van der Waals surface area contributed by atoms with E-state index < -0.39 is 10.0 Å². The fourth-order valence-corrected chi connectivity index (χ4v) is 4.12. The Morgan fingerprint density at radius 1 is 1.24 bits per heavy atom. The van der Waals surface area contributed by atoms with E-state index >= 15 is 0 Å². The van der Waals surface area contributed by atoms with E-state index in [0.717, 1.165) is 12.0 Å². The Balaban J connectivity index is 3.16. The van der Waals surface area contributed by atoms with Crippen LogP contribution in [0, 0.1) is 5.92 Å². The van der Waals surface area contributed by atoms with Crippen molar-refractivity contribution in [3.05, 3.63) is 29.8 Å². The molecule has 1 unspecified atom stereocenters. The Bertz CT molecular complexity index is 537. The van der Waals surface area contributed by atoms with E-state index in [1.807, 2.05) is 40.0 Å². The molecule has 1 rings (SSSR count). The zero-order chi connectivity index (χ0) is 16.0. The first-order valence-corrected chi connectivity index (χ1v) is 9.08. The highest BCUT2D eigenvalue weighted by Crippen LogP contribution is 2.22. The van der Waals surface area contributed by atoms with Crippen LogP contribution in [0.3, 0.4) is 0 Å². The molecule has 0 bridgehead atoms. The molecule has 0 aromatic heterocycles. The van der Waals surface area contributed by atoms with Gasteiger partial charge in [-0.2, -0.15) is 4.31 Å². The molecule has 0 saturated heterocycles. The van der Waals surface area contributed by atoms with Crippen LogP contribution >= 0.6 is 0 Å². The van der Waals surface area contributed by atoms with E-state index in [1.54, 1.807) is 16.4 Å². The molecule has 0 saturated carbocycles. The maximum Gasteiger partial charge on any atom is 0.243 e. The summed E-state index contributed by atoms with van der Waals surface area (Å²) in [5.74, 6) is 0.309. The van der Waals surface area contributed by atoms with Crippen LogP contribution in [0.4, 0.5) is 0 Å². The van der Waals surface area contributed by atoms with Crippen molar-refractivity contribution in [1.82, 2.24) is 9.62 Å². The molecule has 0 fully saturated rings. The molecule has 5 heteroatoms. The second-order valence-electron chi connectivity index (χ2n) is 5.67. The van der Waals surface area contributed by atoms with Gasteiger partial charge in [0.1, 0.15) is 0 Å². The third-order valence-corrected chi connectivity index (χ3v) is 5.51. The highest BCUT2D eigenvalue weighted by Gasteiger charge is 2.24. The Morgan fingerprint density at radius 3 is 2.38 bits per heavy atom.